The van der Waals surface area contributed by atoms with Gasteiger partial charge in [-0.2, -0.15) is 18.3 Å². The summed E-state index contributed by atoms with van der Waals surface area (Å²) in [5, 5.41) is 6.33. The standard InChI is InChI=1S/C11H9BrF3N3O2/c12-9-8(16-4-7-2-1-3-20-7)5-17-18(10(9)19)6-11(13,14)15/h1-3,5,16H,4,6H2. The third kappa shape index (κ3) is 3.62. The van der Waals surface area contributed by atoms with Gasteiger partial charge in [0.1, 0.15) is 16.8 Å². The predicted octanol–water partition coefficient (Wildman–Crippen LogP) is 2.77. The molecule has 0 aliphatic carbocycles. The second kappa shape index (κ2) is 5.70. The fraction of sp³-hybridized carbons (Fsp3) is 0.273. The first-order valence-electron chi connectivity index (χ1n) is 5.45. The molecular weight excluding hydrogens is 343 g/mol. The lowest BCUT2D eigenvalue weighted by molar-refractivity contribution is -0.143. The molecule has 108 valence electrons. The number of aromatic nitrogens is 2. The zero-order chi connectivity index (χ0) is 14.8. The molecule has 20 heavy (non-hydrogen) atoms. The van der Waals surface area contributed by atoms with Gasteiger partial charge in [0, 0.05) is 0 Å². The Balaban J connectivity index is 2.16. The third-order valence-electron chi connectivity index (χ3n) is 2.35. The molecule has 1 N–H and O–H groups in total. The van der Waals surface area contributed by atoms with Crippen LogP contribution in [0.2, 0.25) is 0 Å². The molecule has 0 aromatic carbocycles. The van der Waals surface area contributed by atoms with Gasteiger partial charge in [-0.05, 0) is 28.1 Å². The SMILES string of the molecule is O=c1c(Br)c(NCc2ccco2)cnn1CC(F)(F)F. The van der Waals surface area contributed by atoms with Crippen LogP contribution >= 0.6 is 15.9 Å². The van der Waals surface area contributed by atoms with E-state index in [2.05, 4.69) is 26.3 Å². The Hall–Kier alpha value is -1.77. The largest absolute Gasteiger partial charge is 0.467 e. The molecule has 0 saturated carbocycles. The van der Waals surface area contributed by atoms with Crippen molar-refractivity contribution in [2.24, 2.45) is 0 Å². The molecule has 9 heteroatoms. The van der Waals surface area contributed by atoms with Gasteiger partial charge in [0.05, 0.1) is 24.7 Å². The van der Waals surface area contributed by atoms with Crippen LogP contribution in [0.25, 0.3) is 0 Å². The Morgan fingerprint density at radius 3 is 2.80 bits per heavy atom. The van der Waals surface area contributed by atoms with Crippen LogP contribution in [0.1, 0.15) is 5.76 Å². The fourth-order valence-corrected chi connectivity index (χ4v) is 1.91. The Bertz CT molecular complexity index is 637. The van der Waals surface area contributed by atoms with Crippen molar-refractivity contribution in [2.75, 3.05) is 5.32 Å². The fourth-order valence-electron chi connectivity index (χ4n) is 1.47. The molecule has 0 atom stereocenters. The van der Waals surface area contributed by atoms with E-state index in [1.807, 2.05) is 0 Å². The van der Waals surface area contributed by atoms with Crippen molar-refractivity contribution >= 4 is 21.6 Å². The van der Waals surface area contributed by atoms with Crippen molar-refractivity contribution in [3.05, 3.63) is 45.2 Å². The topological polar surface area (TPSA) is 60.1 Å². The van der Waals surface area contributed by atoms with Crippen LogP contribution in [0.15, 0.2) is 38.3 Å². The zero-order valence-corrected chi connectivity index (χ0v) is 11.5. The number of hydrogen-bond donors (Lipinski definition) is 1. The highest BCUT2D eigenvalue weighted by molar-refractivity contribution is 9.10. The molecule has 0 spiro atoms. The van der Waals surface area contributed by atoms with Crippen LogP contribution in [0.3, 0.4) is 0 Å². The number of hydrogen-bond acceptors (Lipinski definition) is 4. The molecule has 0 fully saturated rings. The molecule has 2 rings (SSSR count). The van der Waals surface area contributed by atoms with Crippen LogP contribution in [0, 0.1) is 0 Å². The van der Waals surface area contributed by atoms with Crippen LogP contribution in [0.4, 0.5) is 18.9 Å². The summed E-state index contributed by atoms with van der Waals surface area (Å²) in [5.41, 5.74) is -0.559. The summed E-state index contributed by atoms with van der Waals surface area (Å²) in [7, 11) is 0. The highest BCUT2D eigenvalue weighted by Crippen LogP contribution is 2.20. The summed E-state index contributed by atoms with van der Waals surface area (Å²) in [6.45, 7) is -1.14. The van der Waals surface area contributed by atoms with E-state index in [1.165, 1.54) is 6.26 Å². The smallest absolute Gasteiger partial charge is 0.408 e. The lowest BCUT2D eigenvalue weighted by Crippen LogP contribution is -2.31. The summed E-state index contributed by atoms with van der Waals surface area (Å²) in [6.07, 6.45) is -1.86. The van der Waals surface area contributed by atoms with E-state index in [9.17, 15) is 18.0 Å². The number of rotatable bonds is 4. The van der Waals surface area contributed by atoms with Gasteiger partial charge in [0.15, 0.2) is 0 Å². The monoisotopic (exact) mass is 351 g/mol. The third-order valence-corrected chi connectivity index (χ3v) is 3.11. The maximum absolute atomic E-state index is 12.2. The summed E-state index contributed by atoms with van der Waals surface area (Å²) < 4.78 is 42.2. The highest BCUT2D eigenvalue weighted by atomic mass is 79.9. The Kier molecular flexibility index (Phi) is 4.17. The van der Waals surface area contributed by atoms with Gasteiger partial charge in [-0.15, -0.1) is 0 Å². The first-order chi connectivity index (χ1) is 9.37. The molecule has 0 radical (unpaired) electrons. The van der Waals surface area contributed by atoms with E-state index >= 15 is 0 Å². The average Bonchev–Trinajstić information content (AvgIpc) is 2.86. The summed E-state index contributed by atoms with van der Waals surface area (Å²) in [5.74, 6) is 0.622. The number of nitrogens with one attached hydrogen (secondary N) is 1. The van der Waals surface area contributed by atoms with E-state index in [0.29, 0.717) is 16.1 Å². The molecule has 0 bridgehead atoms. The first kappa shape index (κ1) is 14.6. The normalized spacial score (nSPS) is 11.6. The van der Waals surface area contributed by atoms with Crippen LogP contribution < -0.4 is 10.9 Å². The maximum Gasteiger partial charge on any atom is 0.408 e. The van der Waals surface area contributed by atoms with Crippen LogP contribution in [0.5, 0.6) is 0 Å². The molecule has 0 aliphatic heterocycles. The minimum absolute atomic E-state index is 0.0108. The zero-order valence-electron chi connectivity index (χ0n) is 9.95. The van der Waals surface area contributed by atoms with E-state index in [1.54, 1.807) is 12.1 Å². The number of furan rings is 1. The van der Waals surface area contributed by atoms with Crippen molar-refractivity contribution in [1.82, 2.24) is 9.78 Å². The van der Waals surface area contributed by atoms with E-state index in [-0.39, 0.29) is 11.0 Å². The van der Waals surface area contributed by atoms with E-state index in [0.717, 1.165) is 6.20 Å². The van der Waals surface area contributed by atoms with Gasteiger partial charge in [-0.3, -0.25) is 4.79 Å². The van der Waals surface area contributed by atoms with Gasteiger partial charge in [-0.1, -0.05) is 0 Å². The summed E-state index contributed by atoms with van der Waals surface area (Å²) >= 11 is 2.97. The van der Waals surface area contributed by atoms with Crippen molar-refractivity contribution < 1.29 is 17.6 Å². The molecule has 0 amide bonds. The molecular formula is C11H9BrF3N3O2. The average molecular weight is 352 g/mol. The molecule has 2 aromatic heterocycles. The molecule has 0 saturated heterocycles. The van der Waals surface area contributed by atoms with Gasteiger partial charge < -0.3 is 9.73 Å². The lowest BCUT2D eigenvalue weighted by atomic mass is 10.4. The van der Waals surface area contributed by atoms with Crippen molar-refractivity contribution in [1.29, 1.82) is 0 Å². The van der Waals surface area contributed by atoms with Crippen molar-refractivity contribution in [3.63, 3.8) is 0 Å². The van der Waals surface area contributed by atoms with Crippen LogP contribution in [-0.4, -0.2) is 16.0 Å². The molecule has 0 unspecified atom stereocenters. The Labute approximate surface area is 119 Å². The summed E-state index contributed by atoms with van der Waals surface area (Å²) in [4.78, 5) is 11.7. The van der Waals surface area contributed by atoms with Gasteiger partial charge in [0.25, 0.3) is 5.56 Å². The predicted molar refractivity (Wildman–Crippen MR) is 68.3 cm³/mol. The molecule has 2 aromatic rings. The Morgan fingerprint density at radius 1 is 1.45 bits per heavy atom. The molecule has 5 nitrogen and oxygen atoms in total. The van der Waals surface area contributed by atoms with E-state index in [4.69, 9.17) is 4.42 Å². The summed E-state index contributed by atoms with van der Waals surface area (Å²) in [6, 6.07) is 3.42. The number of alkyl halides is 3. The van der Waals surface area contributed by atoms with Gasteiger partial charge >= 0.3 is 6.18 Å². The van der Waals surface area contributed by atoms with Gasteiger partial charge in [-0.25, -0.2) is 4.68 Å². The van der Waals surface area contributed by atoms with Gasteiger partial charge in [0.2, 0.25) is 0 Å². The minimum atomic E-state index is -4.50. The lowest BCUT2D eigenvalue weighted by Gasteiger charge is -2.11. The number of halogens is 4. The first-order valence-corrected chi connectivity index (χ1v) is 6.25. The highest BCUT2D eigenvalue weighted by Gasteiger charge is 2.29. The maximum atomic E-state index is 12.2. The van der Waals surface area contributed by atoms with Crippen LogP contribution in [-0.2, 0) is 13.1 Å². The van der Waals surface area contributed by atoms with E-state index < -0.39 is 18.3 Å². The number of nitrogens with zero attached hydrogens (tertiary/aromatic N) is 2. The quantitative estimate of drug-likeness (QED) is 0.919. The second-order valence-electron chi connectivity index (χ2n) is 3.88. The Morgan fingerprint density at radius 2 is 2.20 bits per heavy atom. The second-order valence-corrected chi connectivity index (χ2v) is 4.68. The molecule has 2 heterocycles. The number of anilines is 1. The van der Waals surface area contributed by atoms with Crippen molar-refractivity contribution in [3.8, 4) is 0 Å². The molecule has 0 aliphatic rings. The minimum Gasteiger partial charge on any atom is -0.467 e. The van der Waals surface area contributed by atoms with Crippen molar-refractivity contribution in [2.45, 2.75) is 19.3 Å².